The van der Waals surface area contributed by atoms with Gasteiger partial charge in [-0.1, -0.05) is 13.0 Å². The van der Waals surface area contributed by atoms with Crippen molar-refractivity contribution in [3.63, 3.8) is 0 Å². The number of hydrogen-bond donors (Lipinski definition) is 2. The minimum absolute atomic E-state index is 0.0536. The zero-order chi connectivity index (χ0) is 25.4. The van der Waals surface area contributed by atoms with Crippen LogP contribution in [0.15, 0.2) is 45.9 Å². The highest BCUT2D eigenvalue weighted by Gasteiger charge is 2.61. The van der Waals surface area contributed by atoms with Gasteiger partial charge in [0.15, 0.2) is 0 Å². The van der Waals surface area contributed by atoms with Crippen LogP contribution in [0.4, 0.5) is 0 Å². The number of rotatable bonds is 7. The number of amides is 1. The Kier molecular flexibility index (Phi) is 6.12. The van der Waals surface area contributed by atoms with Gasteiger partial charge in [-0.25, -0.2) is 0 Å². The fraction of sp³-hybridized carbons (Fsp3) is 0.444. The number of nitriles is 1. The highest BCUT2D eigenvalue weighted by molar-refractivity contribution is 5.86. The van der Waals surface area contributed by atoms with Gasteiger partial charge in [0.05, 0.1) is 18.7 Å². The summed E-state index contributed by atoms with van der Waals surface area (Å²) in [4.78, 5) is 24.5. The number of benzene rings is 1. The lowest BCUT2D eigenvalue weighted by atomic mass is 9.81. The fourth-order valence-electron chi connectivity index (χ4n) is 5.54. The summed E-state index contributed by atoms with van der Waals surface area (Å²) in [6.07, 6.45) is 6.17. The molecule has 2 unspecified atom stereocenters. The lowest BCUT2D eigenvalue weighted by molar-refractivity contribution is -0.137. The van der Waals surface area contributed by atoms with Crippen LogP contribution < -0.4 is 10.1 Å². The van der Waals surface area contributed by atoms with Crippen molar-refractivity contribution in [3.05, 3.63) is 53.0 Å². The number of carbonyl (C=O) groups excluding carboxylic acids is 1. The van der Waals surface area contributed by atoms with Crippen LogP contribution in [0.3, 0.4) is 0 Å². The molecular weight excluding hydrogens is 460 g/mol. The van der Waals surface area contributed by atoms with Crippen LogP contribution in [0.1, 0.15) is 50.5 Å². The first-order valence-electron chi connectivity index (χ1n) is 12.2. The summed E-state index contributed by atoms with van der Waals surface area (Å²) < 4.78 is 11.5. The van der Waals surface area contributed by atoms with E-state index in [0.29, 0.717) is 43.2 Å². The third-order valence-electron chi connectivity index (χ3n) is 7.64. The average Bonchev–Trinajstić information content (AvgIpc) is 3.41. The Bertz CT molecular complexity index is 1320. The minimum atomic E-state index is -0.846. The molecule has 9 heteroatoms. The number of carbonyl (C=O) groups is 2. The van der Waals surface area contributed by atoms with Crippen LogP contribution in [-0.2, 0) is 15.0 Å². The highest BCUT2D eigenvalue weighted by atomic mass is 16.5. The number of nitrogens with zero attached hydrogens (tertiary/aromatic N) is 3. The Labute approximate surface area is 208 Å². The normalized spacial score (nSPS) is 26.2. The lowest BCUT2D eigenvalue weighted by Crippen LogP contribution is -2.44. The number of carboxylic acid groups (broad SMARTS) is 1. The minimum Gasteiger partial charge on any atom is -0.493 e. The second-order valence-electron chi connectivity index (χ2n) is 9.85. The molecule has 0 radical (unpaired) electrons. The maximum Gasteiger partial charge on any atom is 0.303 e. The molecule has 9 nitrogen and oxygen atoms in total. The predicted molar refractivity (Wildman–Crippen MR) is 129 cm³/mol. The van der Waals surface area contributed by atoms with Crippen LogP contribution in [-0.4, -0.2) is 39.8 Å². The van der Waals surface area contributed by atoms with Gasteiger partial charge in [-0.2, -0.15) is 5.26 Å². The van der Waals surface area contributed by atoms with Gasteiger partial charge in [-0.15, -0.1) is 10.2 Å². The van der Waals surface area contributed by atoms with E-state index in [2.05, 4.69) is 21.6 Å². The van der Waals surface area contributed by atoms with Crippen LogP contribution in [0.5, 0.6) is 5.75 Å². The standard InChI is InChI=1S/C27H28N4O5/c1-15-19(14-28)7-6-17(4-3-5-23(32)33)24(15)29-25(34)21-13-27(21)10-11-35-22-9-8-18(12-20(22)27)26-31-30-16(2)36-26/h6-9,12,15,21,24H,3-5,10-11,13H2,1-2H3,(H,29,34)(H,32,33)/t15?,21-,24?,27-/m0/s1. The molecule has 1 fully saturated rings. The first-order valence-corrected chi connectivity index (χ1v) is 12.2. The van der Waals surface area contributed by atoms with E-state index in [1.807, 2.05) is 31.2 Å². The van der Waals surface area contributed by atoms with Gasteiger partial charge in [0.1, 0.15) is 5.75 Å². The van der Waals surface area contributed by atoms with Crippen LogP contribution in [0.25, 0.3) is 11.5 Å². The van der Waals surface area contributed by atoms with Crippen molar-refractivity contribution in [1.82, 2.24) is 15.5 Å². The number of aliphatic carboxylic acids is 1. The molecule has 2 aromatic rings. The van der Waals surface area contributed by atoms with Crippen LogP contribution in [0, 0.1) is 30.1 Å². The van der Waals surface area contributed by atoms with Crippen molar-refractivity contribution in [3.8, 4) is 23.3 Å². The molecule has 5 rings (SSSR count). The zero-order valence-electron chi connectivity index (χ0n) is 20.3. The molecule has 2 N–H and O–H groups in total. The van der Waals surface area contributed by atoms with E-state index in [1.54, 1.807) is 13.0 Å². The number of ether oxygens (including phenoxy) is 1. The number of nitrogens with one attached hydrogen (secondary N) is 1. The van der Waals surface area contributed by atoms with Gasteiger partial charge in [-0.05, 0) is 55.5 Å². The van der Waals surface area contributed by atoms with Crippen LogP contribution >= 0.6 is 0 Å². The molecule has 1 spiro atoms. The third kappa shape index (κ3) is 4.28. The van der Waals surface area contributed by atoms with Crippen molar-refractivity contribution >= 4 is 11.9 Å². The molecule has 2 aliphatic carbocycles. The second-order valence-corrected chi connectivity index (χ2v) is 9.85. The summed E-state index contributed by atoms with van der Waals surface area (Å²) in [5, 5.41) is 29.8. The van der Waals surface area contributed by atoms with E-state index in [4.69, 9.17) is 14.3 Å². The second kappa shape index (κ2) is 9.26. The first kappa shape index (κ1) is 23.8. The van der Waals surface area contributed by atoms with Crippen molar-refractivity contribution in [2.45, 2.75) is 57.4 Å². The van der Waals surface area contributed by atoms with Gasteiger partial charge in [-0.3, -0.25) is 9.59 Å². The Morgan fingerprint density at radius 3 is 2.86 bits per heavy atom. The van der Waals surface area contributed by atoms with Gasteiger partial charge in [0, 0.05) is 47.3 Å². The van der Waals surface area contributed by atoms with Crippen molar-refractivity contribution < 1.29 is 23.8 Å². The Hall–Kier alpha value is -3.93. The van der Waals surface area contributed by atoms with Gasteiger partial charge < -0.3 is 19.6 Å². The van der Waals surface area contributed by atoms with Gasteiger partial charge in [0.25, 0.3) is 0 Å². The number of allylic oxidation sites excluding steroid dienone is 2. The summed E-state index contributed by atoms with van der Waals surface area (Å²) in [7, 11) is 0. The van der Waals surface area contributed by atoms with Gasteiger partial charge in [0.2, 0.25) is 17.7 Å². The molecule has 186 valence electrons. The third-order valence-corrected chi connectivity index (χ3v) is 7.64. The number of fused-ring (bicyclic) bond motifs is 2. The molecule has 1 aromatic heterocycles. The lowest BCUT2D eigenvalue weighted by Gasteiger charge is -2.31. The van der Waals surface area contributed by atoms with E-state index < -0.39 is 5.97 Å². The Balaban J connectivity index is 1.36. The molecule has 1 amide bonds. The quantitative estimate of drug-likeness (QED) is 0.599. The number of hydrogen-bond acceptors (Lipinski definition) is 7. The molecule has 3 aliphatic rings. The smallest absolute Gasteiger partial charge is 0.303 e. The number of carboxylic acids is 1. The molecular formula is C27H28N4O5. The first-order chi connectivity index (χ1) is 17.3. The summed E-state index contributed by atoms with van der Waals surface area (Å²) in [6, 6.07) is 7.66. The maximum atomic E-state index is 13.6. The highest BCUT2D eigenvalue weighted by Crippen LogP contribution is 2.61. The van der Waals surface area contributed by atoms with Crippen LogP contribution in [0.2, 0.25) is 0 Å². The van der Waals surface area contributed by atoms with Crippen molar-refractivity contribution in [1.29, 1.82) is 5.26 Å². The Morgan fingerprint density at radius 1 is 1.31 bits per heavy atom. The van der Waals surface area contributed by atoms with Gasteiger partial charge >= 0.3 is 5.97 Å². The fourth-order valence-corrected chi connectivity index (χ4v) is 5.54. The average molecular weight is 489 g/mol. The predicted octanol–water partition coefficient (Wildman–Crippen LogP) is 3.85. The molecule has 1 aromatic carbocycles. The molecule has 0 saturated heterocycles. The molecule has 36 heavy (non-hydrogen) atoms. The molecule has 1 saturated carbocycles. The van der Waals surface area contributed by atoms with E-state index >= 15 is 0 Å². The number of aromatic nitrogens is 2. The summed E-state index contributed by atoms with van der Waals surface area (Å²) in [5.74, 6) is 0.379. The largest absolute Gasteiger partial charge is 0.493 e. The maximum absolute atomic E-state index is 13.6. The summed E-state index contributed by atoms with van der Waals surface area (Å²) >= 11 is 0. The van der Waals surface area contributed by atoms with E-state index in [0.717, 1.165) is 28.9 Å². The SMILES string of the molecule is Cc1nnc(-c2ccc3c(c2)[C@]2(CCO3)C[C@H]2C(=O)NC2C(CCCC(=O)O)=CC=C(C#N)C2C)o1. The molecule has 0 bridgehead atoms. The molecule has 2 heterocycles. The monoisotopic (exact) mass is 488 g/mol. The number of aryl methyl sites for hydroxylation is 1. The van der Waals surface area contributed by atoms with E-state index in [1.165, 1.54) is 0 Å². The van der Waals surface area contributed by atoms with Crippen molar-refractivity contribution in [2.24, 2.45) is 11.8 Å². The zero-order valence-corrected chi connectivity index (χ0v) is 20.3. The summed E-state index contributed by atoms with van der Waals surface area (Å²) in [6.45, 7) is 4.21. The summed E-state index contributed by atoms with van der Waals surface area (Å²) in [5.41, 5.74) is 3.00. The van der Waals surface area contributed by atoms with Crippen molar-refractivity contribution in [2.75, 3.05) is 6.61 Å². The molecule has 1 aliphatic heterocycles. The Morgan fingerprint density at radius 2 is 2.14 bits per heavy atom. The molecule has 4 atom stereocenters. The van der Waals surface area contributed by atoms with E-state index in [9.17, 15) is 14.9 Å². The topological polar surface area (TPSA) is 138 Å². The van der Waals surface area contributed by atoms with E-state index in [-0.39, 0.29) is 35.6 Å².